The van der Waals surface area contributed by atoms with Gasteiger partial charge in [-0.15, -0.1) is 0 Å². The molecule has 0 aromatic heterocycles. The van der Waals surface area contributed by atoms with Crippen LogP contribution in [-0.4, -0.2) is 32.1 Å². The quantitative estimate of drug-likeness (QED) is 0.249. The fraction of sp³-hybridized carbons (Fsp3) is 0. The molecule has 94 valence electrons. The predicted molar refractivity (Wildman–Crippen MR) is 36.6 cm³/mol. The number of hydrogen-bond donors (Lipinski definition) is 0. The molecule has 0 radical (unpaired) electrons. The Morgan fingerprint density at radius 3 is 0.667 bits per heavy atom. The number of nitrogens with zero attached hydrogens (tertiary/aromatic N) is 2. The molecular formula is H8N2O12U. The molecule has 8 N–H and O–H groups in total. The minimum absolute atomic E-state index is 0. The molecule has 0 fully saturated rings. The van der Waals surface area contributed by atoms with Crippen molar-refractivity contribution < 1.29 is 64.4 Å². The van der Waals surface area contributed by atoms with Crippen molar-refractivity contribution in [2.75, 3.05) is 0 Å². The van der Waals surface area contributed by atoms with Crippen LogP contribution >= 0.6 is 0 Å². The van der Waals surface area contributed by atoms with E-state index in [1.165, 1.54) is 0 Å². The maximum absolute atomic E-state index is 8.58. The summed E-state index contributed by atoms with van der Waals surface area (Å²) in [4.78, 5) is 16.5. The molecule has 14 nitrogen and oxygen atoms in total. The molecule has 0 spiro atoms. The molecule has 0 bridgehead atoms. The van der Waals surface area contributed by atoms with Crippen LogP contribution in [0, 0.1) is 58.5 Å². The molecule has 0 rings (SSSR count). The first kappa shape index (κ1) is 48.6. The average Bonchev–Trinajstić information content (AvgIpc) is 1.60. The standard InChI is InChI=1S/2NO3.4H2O.2O.U/c2*2-1(3)4;;;;;;;/h;;4*1H2;;;/q2*-1;;;;;;;+2. The van der Waals surface area contributed by atoms with Crippen molar-refractivity contribution in [3.63, 3.8) is 0 Å². The zero-order valence-electron chi connectivity index (χ0n) is 6.66. The molecule has 0 saturated heterocycles. The van der Waals surface area contributed by atoms with Gasteiger partial charge in [0.25, 0.3) is 0 Å². The second kappa shape index (κ2) is 52.5. The molecule has 0 aliphatic rings. The molecule has 0 aliphatic carbocycles. The van der Waals surface area contributed by atoms with Crippen LogP contribution in [0.5, 0.6) is 0 Å². The topological polar surface area (TPSA) is 293 Å². The molecule has 15 heavy (non-hydrogen) atoms. The summed E-state index contributed by atoms with van der Waals surface area (Å²) in [7, 11) is 0. The van der Waals surface area contributed by atoms with Crippen molar-refractivity contribution in [2.45, 2.75) is 0 Å². The zero-order chi connectivity index (χ0) is 9.86. The Kier molecular flexibility index (Phi) is 170. The molecular weight excluding hydrogens is 458 g/mol. The van der Waals surface area contributed by atoms with Gasteiger partial charge in [0.1, 0.15) is 0 Å². The molecule has 0 aliphatic heterocycles. The van der Waals surface area contributed by atoms with Gasteiger partial charge < -0.3 is 52.5 Å². The van der Waals surface area contributed by atoms with Gasteiger partial charge in [-0.2, -0.15) is 0 Å². The fourth-order valence-corrected chi connectivity index (χ4v) is 0. The van der Waals surface area contributed by atoms with Crippen molar-refractivity contribution in [3.8, 4) is 0 Å². The van der Waals surface area contributed by atoms with E-state index in [-0.39, 0.29) is 21.9 Å². The van der Waals surface area contributed by atoms with Gasteiger partial charge in [0, 0.05) is 0 Å². The van der Waals surface area contributed by atoms with E-state index >= 15 is 0 Å². The van der Waals surface area contributed by atoms with E-state index in [2.05, 4.69) is 0 Å². The minimum atomic E-state index is -2.51. The van der Waals surface area contributed by atoms with Crippen LogP contribution in [0.4, 0.5) is 0 Å². The Morgan fingerprint density at radius 1 is 0.667 bits per heavy atom. The third-order valence-corrected chi connectivity index (χ3v) is 0. The van der Waals surface area contributed by atoms with Crippen LogP contribution in [-0.2, 0) is 4.47 Å². The van der Waals surface area contributed by atoms with Gasteiger partial charge in [-0.3, -0.25) is 0 Å². The van der Waals surface area contributed by atoms with E-state index < -0.39 is 38.0 Å². The monoisotopic (exact) mass is 466 g/mol. The SMILES string of the molecule is O.O.O.O.O=[N+]([O-])[O-].O=[N+]([O-])[O-].[O]=[U+2]=[O]. The zero-order valence-corrected chi connectivity index (χ0v) is 10.8. The van der Waals surface area contributed by atoms with Crippen molar-refractivity contribution in [1.29, 1.82) is 0 Å². The van der Waals surface area contributed by atoms with E-state index in [9.17, 15) is 0 Å². The summed E-state index contributed by atoms with van der Waals surface area (Å²) >= 11 is -2.51. The summed E-state index contributed by atoms with van der Waals surface area (Å²) < 4.78 is 17.2. The Bertz CT molecular complexity index is 126. The van der Waals surface area contributed by atoms with Gasteiger partial charge in [0.05, 0.1) is 10.2 Å². The predicted octanol–water partition coefficient (Wildman–Crippen LogP) is -4.01. The van der Waals surface area contributed by atoms with Crippen LogP contribution in [0.2, 0.25) is 0 Å². The normalized spacial score (nSPS) is 3.73. The summed E-state index contributed by atoms with van der Waals surface area (Å²) in [6.45, 7) is 0. The summed E-state index contributed by atoms with van der Waals surface area (Å²) in [5, 5.41) is 29.5. The Morgan fingerprint density at radius 2 is 0.667 bits per heavy atom. The van der Waals surface area contributed by atoms with Crippen LogP contribution in [0.1, 0.15) is 0 Å². The second-order valence-electron chi connectivity index (χ2n) is 0.531. The molecule has 0 atom stereocenters. The molecule has 0 aromatic carbocycles. The summed E-state index contributed by atoms with van der Waals surface area (Å²) in [5.41, 5.74) is 0. The molecule has 0 heterocycles. The maximum atomic E-state index is 8.58. The van der Waals surface area contributed by atoms with Crippen LogP contribution in [0.3, 0.4) is 0 Å². The van der Waals surface area contributed by atoms with Crippen molar-refractivity contribution in [2.24, 2.45) is 0 Å². The van der Waals surface area contributed by atoms with Gasteiger partial charge in [0.15, 0.2) is 0 Å². The molecule has 15 heteroatoms. The van der Waals surface area contributed by atoms with Gasteiger partial charge in [-0.1, -0.05) is 0 Å². The van der Waals surface area contributed by atoms with Gasteiger partial charge in [-0.25, -0.2) is 0 Å². The first-order chi connectivity index (χ1) is 4.88. The first-order valence-corrected chi connectivity index (χ1v) is 4.90. The van der Waals surface area contributed by atoms with Gasteiger partial charge >= 0.3 is 32.3 Å². The molecule has 0 amide bonds. The van der Waals surface area contributed by atoms with E-state index in [4.69, 9.17) is 35.1 Å². The molecule has 0 saturated carbocycles. The van der Waals surface area contributed by atoms with Gasteiger partial charge in [0.2, 0.25) is 0 Å². The van der Waals surface area contributed by atoms with E-state index in [1.54, 1.807) is 0 Å². The Labute approximate surface area is 95.2 Å². The Hall–Kier alpha value is -1.11. The average molecular weight is 466 g/mol. The summed E-state index contributed by atoms with van der Waals surface area (Å²) in [5.74, 6) is 0. The first-order valence-electron chi connectivity index (χ1n) is 1.50. The third kappa shape index (κ3) is 1250. The summed E-state index contributed by atoms with van der Waals surface area (Å²) in [6.07, 6.45) is 0. The van der Waals surface area contributed by atoms with Crippen molar-refractivity contribution in [1.82, 2.24) is 0 Å². The van der Waals surface area contributed by atoms with E-state index in [0.29, 0.717) is 0 Å². The summed E-state index contributed by atoms with van der Waals surface area (Å²) in [6, 6.07) is 0. The van der Waals surface area contributed by atoms with Crippen molar-refractivity contribution in [3.05, 3.63) is 30.6 Å². The molecule has 0 unspecified atom stereocenters. The van der Waals surface area contributed by atoms with Crippen LogP contribution < -0.4 is 0 Å². The van der Waals surface area contributed by atoms with Crippen LogP contribution in [0.25, 0.3) is 0 Å². The fourth-order valence-electron chi connectivity index (χ4n) is 0. The van der Waals surface area contributed by atoms with E-state index in [0.717, 1.165) is 0 Å². The molecule has 0 aromatic rings. The van der Waals surface area contributed by atoms with Gasteiger partial charge in [-0.05, 0) is 0 Å². The van der Waals surface area contributed by atoms with E-state index in [1.807, 2.05) is 0 Å². The Balaban J connectivity index is -0.0000000114. The third-order valence-electron chi connectivity index (χ3n) is 0. The van der Waals surface area contributed by atoms with Crippen molar-refractivity contribution >= 4 is 0 Å². The second-order valence-corrected chi connectivity index (χ2v) is 1.22. The number of rotatable bonds is 0. The number of hydrogen-bond acceptors (Lipinski definition) is 8. The van der Waals surface area contributed by atoms with Crippen LogP contribution in [0.15, 0.2) is 0 Å².